The fourth-order valence-corrected chi connectivity index (χ4v) is 2.95. The molecule has 98 valence electrons. The molecule has 0 radical (unpaired) electrons. The van der Waals surface area contributed by atoms with E-state index in [1.165, 1.54) is 24.0 Å². The molecule has 0 spiro atoms. The monoisotopic (exact) mass is 246 g/mol. The summed E-state index contributed by atoms with van der Waals surface area (Å²) >= 11 is 0. The predicted octanol–water partition coefficient (Wildman–Crippen LogP) is 1.98. The topological polar surface area (TPSA) is 24.5 Å². The average molecular weight is 246 g/mol. The third-order valence-electron chi connectivity index (χ3n) is 4.07. The standard InChI is InChI=1S/C15H22N2O/c1-17-8-9-18-15-3-2-13(10-14(15)11-17)12-4-6-16-7-5-12/h2-3,10,12,16H,4-9,11H2,1H3. The minimum Gasteiger partial charge on any atom is -0.492 e. The number of nitrogens with zero attached hydrogens (tertiary/aromatic N) is 1. The first-order chi connectivity index (χ1) is 8.83. The van der Waals surface area contributed by atoms with Crippen LogP contribution in [0.2, 0.25) is 0 Å². The van der Waals surface area contributed by atoms with Gasteiger partial charge in [-0.05, 0) is 50.5 Å². The van der Waals surface area contributed by atoms with Crippen molar-refractivity contribution in [2.45, 2.75) is 25.3 Å². The van der Waals surface area contributed by atoms with Crippen molar-refractivity contribution in [3.63, 3.8) is 0 Å². The molecule has 1 aromatic rings. The predicted molar refractivity (Wildman–Crippen MR) is 73.1 cm³/mol. The van der Waals surface area contributed by atoms with E-state index in [4.69, 9.17) is 4.74 Å². The second-order valence-electron chi connectivity index (χ2n) is 5.48. The minimum absolute atomic E-state index is 0.727. The number of rotatable bonds is 1. The number of piperidine rings is 1. The first-order valence-electron chi connectivity index (χ1n) is 6.98. The largest absolute Gasteiger partial charge is 0.492 e. The molecule has 0 atom stereocenters. The van der Waals surface area contributed by atoms with Gasteiger partial charge in [0, 0.05) is 18.7 Å². The molecule has 0 amide bonds. The van der Waals surface area contributed by atoms with Crippen LogP contribution in [0.4, 0.5) is 0 Å². The molecule has 1 aromatic carbocycles. The number of hydrogen-bond acceptors (Lipinski definition) is 3. The minimum atomic E-state index is 0.727. The molecule has 3 nitrogen and oxygen atoms in total. The Bertz CT molecular complexity index is 413. The van der Waals surface area contributed by atoms with E-state index in [2.05, 4.69) is 35.5 Å². The maximum atomic E-state index is 5.81. The molecule has 1 N–H and O–H groups in total. The Kier molecular flexibility index (Phi) is 3.52. The molecule has 3 heteroatoms. The Labute approximate surface area is 109 Å². The molecule has 1 saturated heterocycles. The number of likely N-dealkylation sites (N-methyl/N-ethyl adjacent to an activating group) is 1. The van der Waals surface area contributed by atoms with Gasteiger partial charge in [0.05, 0.1) is 0 Å². The zero-order chi connectivity index (χ0) is 12.4. The third kappa shape index (κ3) is 2.52. The van der Waals surface area contributed by atoms with Crippen molar-refractivity contribution in [2.24, 2.45) is 0 Å². The molecule has 1 fully saturated rings. The highest BCUT2D eigenvalue weighted by atomic mass is 16.5. The fourth-order valence-electron chi connectivity index (χ4n) is 2.95. The zero-order valence-corrected chi connectivity index (χ0v) is 11.1. The molecular formula is C15H22N2O. The van der Waals surface area contributed by atoms with E-state index in [1.807, 2.05) is 0 Å². The maximum absolute atomic E-state index is 5.81. The maximum Gasteiger partial charge on any atom is 0.123 e. The first kappa shape index (κ1) is 12.0. The van der Waals surface area contributed by atoms with Crippen LogP contribution in [0.15, 0.2) is 18.2 Å². The number of nitrogens with one attached hydrogen (secondary N) is 1. The van der Waals surface area contributed by atoms with Crippen molar-refractivity contribution >= 4 is 0 Å². The lowest BCUT2D eigenvalue weighted by atomic mass is 9.89. The van der Waals surface area contributed by atoms with Crippen molar-refractivity contribution in [3.8, 4) is 5.75 Å². The molecule has 0 bridgehead atoms. The summed E-state index contributed by atoms with van der Waals surface area (Å²) in [6.45, 7) is 5.12. The van der Waals surface area contributed by atoms with Gasteiger partial charge in [0.1, 0.15) is 12.4 Å². The summed E-state index contributed by atoms with van der Waals surface area (Å²) in [4.78, 5) is 2.33. The molecule has 0 saturated carbocycles. The summed E-state index contributed by atoms with van der Waals surface area (Å²) in [5, 5.41) is 3.43. The highest BCUT2D eigenvalue weighted by Crippen LogP contribution is 2.30. The van der Waals surface area contributed by atoms with Gasteiger partial charge < -0.3 is 10.1 Å². The van der Waals surface area contributed by atoms with Gasteiger partial charge in [0.15, 0.2) is 0 Å². The Hall–Kier alpha value is -1.06. The second-order valence-corrected chi connectivity index (χ2v) is 5.48. The summed E-state index contributed by atoms with van der Waals surface area (Å²) in [6.07, 6.45) is 2.52. The van der Waals surface area contributed by atoms with Gasteiger partial charge in [-0.25, -0.2) is 0 Å². The van der Waals surface area contributed by atoms with Crippen molar-refractivity contribution in [1.29, 1.82) is 0 Å². The van der Waals surface area contributed by atoms with Gasteiger partial charge in [-0.1, -0.05) is 12.1 Å². The molecule has 0 aliphatic carbocycles. The zero-order valence-electron chi connectivity index (χ0n) is 11.1. The average Bonchev–Trinajstić information content (AvgIpc) is 2.59. The first-order valence-corrected chi connectivity index (χ1v) is 6.98. The lowest BCUT2D eigenvalue weighted by molar-refractivity contribution is 0.259. The SMILES string of the molecule is CN1CCOc2ccc(C3CCNCC3)cc2C1. The van der Waals surface area contributed by atoms with Gasteiger partial charge in [-0.2, -0.15) is 0 Å². The summed E-state index contributed by atoms with van der Waals surface area (Å²) in [5.41, 5.74) is 2.85. The number of ether oxygens (including phenoxy) is 1. The highest BCUT2D eigenvalue weighted by Gasteiger charge is 2.18. The molecular weight excluding hydrogens is 224 g/mol. The molecule has 2 aliphatic heterocycles. The smallest absolute Gasteiger partial charge is 0.123 e. The third-order valence-corrected chi connectivity index (χ3v) is 4.07. The Morgan fingerprint density at radius 1 is 1.28 bits per heavy atom. The Morgan fingerprint density at radius 2 is 2.11 bits per heavy atom. The van der Waals surface area contributed by atoms with Crippen molar-refractivity contribution in [3.05, 3.63) is 29.3 Å². The normalized spacial score (nSPS) is 22.1. The highest BCUT2D eigenvalue weighted by molar-refractivity contribution is 5.39. The van der Waals surface area contributed by atoms with Crippen molar-refractivity contribution in [2.75, 3.05) is 33.3 Å². The van der Waals surface area contributed by atoms with Gasteiger partial charge >= 0.3 is 0 Å². The van der Waals surface area contributed by atoms with Crippen LogP contribution in [0.1, 0.15) is 29.9 Å². The van der Waals surface area contributed by atoms with Crippen molar-refractivity contribution in [1.82, 2.24) is 10.2 Å². The van der Waals surface area contributed by atoms with Crippen LogP contribution in [0.5, 0.6) is 5.75 Å². The van der Waals surface area contributed by atoms with Crippen LogP contribution in [-0.4, -0.2) is 38.2 Å². The van der Waals surface area contributed by atoms with Gasteiger partial charge in [0.2, 0.25) is 0 Å². The molecule has 3 rings (SSSR count). The van der Waals surface area contributed by atoms with E-state index in [9.17, 15) is 0 Å². The number of fused-ring (bicyclic) bond motifs is 1. The van der Waals surface area contributed by atoms with E-state index >= 15 is 0 Å². The molecule has 2 heterocycles. The van der Waals surface area contributed by atoms with E-state index in [-0.39, 0.29) is 0 Å². The lowest BCUT2D eigenvalue weighted by Crippen LogP contribution is -2.26. The van der Waals surface area contributed by atoms with E-state index in [0.717, 1.165) is 44.5 Å². The molecule has 18 heavy (non-hydrogen) atoms. The van der Waals surface area contributed by atoms with Gasteiger partial charge in [0.25, 0.3) is 0 Å². The van der Waals surface area contributed by atoms with Crippen LogP contribution < -0.4 is 10.1 Å². The number of hydrogen-bond donors (Lipinski definition) is 1. The Balaban J connectivity index is 1.84. The summed E-state index contributed by atoms with van der Waals surface area (Å²) < 4.78 is 5.81. The van der Waals surface area contributed by atoms with Crippen LogP contribution >= 0.6 is 0 Å². The molecule has 2 aliphatic rings. The summed E-state index contributed by atoms with van der Waals surface area (Å²) in [5.74, 6) is 1.81. The van der Waals surface area contributed by atoms with Crippen molar-refractivity contribution < 1.29 is 4.74 Å². The summed E-state index contributed by atoms with van der Waals surface area (Å²) in [6, 6.07) is 6.80. The lowest BCUT2D eigenvalue weighted by Gasteiger charge is -2.24. The van der Waals surface area contributed by atoms with E-state index in [1.54, 1.807) is 0 Å². The fraction of sp³-hybridized carbons (Fsp3) is 0.600. The number of benzene rings is 1. The summed E-state index contributed by atoms with van der Waals surface area (Å²) in [7, 11) is 2.16. The quantitative estimate of drug-likeness (QED) is 0.820. The van der Waals surface area contributed by atoms with E-state index < -0.39 is 0 Å². The van der Waals surface area contributed by atoms with Crippen LogP contribution in [0.25, 0.3) is 0 Å². The van der Waals surface area contributed by atoms with Gasteiger partial charge in [-0.3, -0.25) is 4.90 Å². The second kappa shape index (κ2) is 5.29. The molecule has 0 unspecified atom stereocenters. The van der Waals surface area contributed by atoms with E-state index in [0.29, 0.717) is 0 Å². The Morgan fingerprint density at radius 3 is 2.94 bits per heavy atom. The van der Waals surface area contributed by atoms with Crippen LogP contribution in [-0.2, 0) is 6.54 Å². The van der Waals surface area contributed by atoms with Gasteiger partial charge in [-0.15, -0.1) is 0 Å². The molecule has 0 aromatic heterocycles. The van der Waals surface area contributed by atoms with Crippen LogP contribution in [0, 0.1) is 0 Å². The van der Waals surface area contributed by atoms with Crippen LogP contribution in [0.3, 0.4) is 0 Å².